The molecule has 0 fully saturated rings. The molecule has 0 spiro atoms. The minimum Gasteiger partial charge on any atom is -0.487 e. The maximum Gasteiger partial charge on any atom is 0.338 e. The molecule has 1 aliphatic heterocycles. The first kappa shape index (κ1) is 31.5. The van der Waals surface area contributed by atoms with Crippen LogP contribution in [0.5, 0.6) is 5.75 Å². The summed E-state index contributed by atoms with van der Waals surface area (Å²) in [6.45, 7) is 3.91. The van der Waals surface area contributed by atoms with Crippen molar-refractivity contribution in [1.82, 2.24) is 4.57 Å². The Kier molecular flexibility index (Phi) is 10.1. The maximum absolute atomic E-state index is 14.1. The fourth-order valence-electron chi connectivity index (χ4n) is 4.55. The van der Waals surface area contributed by atoms with Crippen LogP contribution in [0.4, 0.5) is 0 Å². The van der Waals surface area contributed by atoms with E-state index < -0.39 is 12.0 Å². The molecule has 1 atom stereocenters. The van der Waals surface area contributed by atoms with Crippen LogP contribution in [0, 0.1) is 7.14 Å². The average molecular weight is 866 g/mol. The number of rotatable bonds is 7. The summed E-state index contributed by atoms with van der Waals surface area (Å²) in [7, 11) is 0. The van der Waals surface area contributed by atoms with Crippen molar-refractivity contribution in [2.75, 3.05) is 6.61 Å². The molecule has 1 aliphatic rings. The van der Waals surface area contributed by atoms with Gasteiger partial charge in [-0.2, -0.15) is 0 Å². The van der Waals surface area contributed by atoms with Gasteiger partial charge in [-0.1, -0.05) is 70.4 Å². The lowest BCUT2D eigenvalue weighted by atomic mass is 9.96. The molecule has 42 heavy (non-hydrogen) atoms. The highest BCUT2D eigenvalue weighted by Crippen LogP contribution is 2.35. The number of fused-ring (bicyclic) bond motifs is 1. The van der Waals surface area contributed by atoms with Crippen LogP contribution >= 0.6 is 91.3 Å². The molecule has 216 valence electrons. The van der Waals surface area contributed by atoms with Gasteiger partial charge in [-0.05, 0) is 107 Å². The van der Waals surface area contributed by atoms with Gasteiger partial charge in [0.05, 0.1) is 36.0 Å². The minimum absolute atomic E-state index is 0.186. The average Bonchev–Trinajstić information content (AvgIpc) is 3.23. The normalized spacial score (nSPS) is 14.9. The highest BCUT2D eigenvalue weighted by Gasteiger charge is 2.34. The molecular formula is C30H21Cl3I2N2O4S. The first-order chi connectivity index (χ1) is 20.1. The van der Waals surface area contributed by atoms with Crippen LogP contribution in [0.25, 0.3) is 6.08 Å². The van der Waals surface area contributed by atoms with Gasteiger partial charge >= 0.3 is 5.97 Å². The molecule has 2 heterocycles. The zero-order valence-electron chi connectivity index (χ0n) is 22.1. The van der Waals surface area contributed by atoms with E-state index in [-0.39, 0.29) is 24.3 Å². The SMILES string of the molecule is CCOC(=O)C1=C(C)N=c2s/c(=C\c3cc(I)cc(I)c3OCc3ccc(Cl)c(Cl)c3)c(=O)n2[C@H]1c1ccccc1Cl. The van der Waals surface area contributed by atoms with Crippen LogP contribution in [0.15, 0.2) is 75.7 Å². The Morgan fingerprint density at radius 1 is 1.07 bits per heavy atom. The van der Waals surface area contributed by atoms with Crippen LogP contribution in [0.3, 0.4) is 0 Å². The van der Waals surface area contributed by atoms with Gasteiger partial charge in [0.25, 0.3) is 5.56 Å². The van der Waals surface area contributed by atoms with E-state index in [0.29, 0.717) is 41.4 Å². The third-order valence-electron chi connectivity index (χ3n) is 6.41. The Labute approximate surface area is 287 Å². The molecule has 0 aliphatic carbocycles. The molecule has 5 rings (SSSR count). The Morgan fingerprint density at radius 3 is 2.55 bits per heavy atom. The molecule has 4 aromatic rings. The number of thiazole rings is 1. The van der Waals surface area contributed by atoms with Gasteiger partial charge in [0.1, 0.15) is 18.4 Å². The van der Waals surface area contributed by atoms with Crippen LogP contribution in [-0.2, 0) is 16.1 Å². The smallest absolute Gasteiger partial charge is 0.338 e. The molecule has 0 saturated heterocycles. The van der Waals surface area contributed by atoms with Crippen LogP contribution < -0.4 is 19.6 Å². The number of halogens is 5. The second-order valence-corrected chi connectivity index (χ2v) is 13.8. The lowest BCUT2D eigenvalue weighted by Gasteiger charge is -2.25. The third kappa shape index (κ3) is 6.46. The van der Waals surface area contributed by atoms with E-state index in [4.69, 9.17) is 44.3 Å². The van der Waals surface area contributed by atoms with Crippen molar-refractivity contribution < 1.29 is 14.3 Å². The van der Waals surface area contributed by atoms with Crippen molar-refractivity contribution in [1.29, 1.82) is 0 Å². The number of nitrogens with zero attached hydrogens (tertiary/aromatic N) is 2. The molecule has 0 amide bonds. The van der Waals surface area contributed by atoms with Crippen molar-refractivity contribution in [3.05, 3.63) is 124 Å². The van der Waals surface area contributed by atoms with Crippen LogP contribution in [0.2, 0.25) is 15.1 Å². The summed E-state index contributed by atoms with van der Waals surface area (Å²) >= 11 is 24.6. The maximum atomic E-state index is 14.1. The Hall–Kier alpha value is -1.90. The van der Waals surface area contributed by atoms with E-state index in [1.807, 2.05) is 24.3 Å². The summed E-state index contributed by atoms with van der Waals surface area (Å²) in [5, 5.41) is 1.34. The first-order valence-corrected chi connectivity index (χ1v) is 16.7. The summed E-state index contributed by atoms with van der Waals surface area (Å²) in [6.07, 6.45) is 1.80. The first-order valence-electron chi connectivity index (χ1n) is 12.6. The molecule has 0 unspecified atom stereocenters. The number of esters is 1. The summed E-state index contributed by atoms with van der Waals surface area (Å²) in [4.78, 5) is 32.3. The van der Waals surface area contributed by atoms with Crippen molar-refractivity contribution in [3.63, 3.8) is 0 Å². The third-order valence-corrected chi connectivity index (χ3v) is 9.90. The van der Waals surface area contributed by atoms with E-state index in [1.165, 1.54) is 15.9 Å². The molecule has 0 radical (unpaired) electrons. The zero-order valence-corrected chi connectivity index (χ0v) is 29.5. The van der Waals surface area contributed by atoms with E-state index in [9.17, 15) is 9.59 Å². The molecular weight excluding hydrogens is 845 g/mol. The highest BCUT2D eigenvalue weighted by molar-refractivity contribution is 14.1. The van der Waals surface area contributed by atoms with Crippen molar-refractivity contribution in [3.8, 4) is 5.75 Å². The quantitative estimate of drug-likeness (QED) is 0.142. The van der Waals surface area contributed by atoms with E-state index in [0.717, 1.165) is 18.3 Å². The summed E-state index contributed by atoms with van der Waals surface area (Å²) in [5.74, 6) is 0.0853. The van der Waals surface area contributed by atoms with E-state index >= 15 is 0 Å². The van der Waals surface area contributed by atoms with Gasteiger partial charge in [-0.25, -0.2) is 9.79 Å². The Morgan fingerprint density at radius 2 is 1.83 bits per heavy atom. The van der Waals surface area contributed by atoms with Crippen molar-refractivity contribution in [2.24, 2.45) is 4.99 Å². The standard InChI is InChI=1S/C30H21Cl3I2N2O4S/c1-3-40-29(39)25-15(2)36-30-37(26(25)19-6-4-5-7-20(19)31)28(38)24(42-30)12-17-11-18(34)13-23(35)27(17)41-14-16-8-9-21(32)22(33)10-16/h4-13,26H,3,14H2,1-2H3/b24-12-/t26-/m0/s1. The molecule has 1 aromatic heterocycles. The van der Waals surface area contributed by atoms with Crippen molar-refractivity contribution in [2.45, 2.75) is 26.5 Å². The van der Waals surface area contributed by atoms with Gasteiger partial charge in [-0.15, -0.1) is 0 Å². The fraction of sp³-hybridized carbons (Fsp3) is 0.167. The Balaban J connectivity index is 1.65. The molecule has 6 nitrogen and oxygen atoms in total. The second-order valence-electron chi connectivity index (χ2n) is 9.17. The fourth-order valence-corrected chi connectivity index (χ4v) is 8.19. The molecule has 0 bridgehead atoms. The van der Waals surface area contributed by atoms with E-state index in [2.05, 4.69) is 50.2 Å². The van der Waals surface area contributed by atoms with Gasteiger partial charge in [-0.3, -0.25) is 9.36 Å². The largest absolute Gasteiger partial charge is 0.487 e. The van der Waals surface area contributed by atoms with Crippen LogP contribution in [-0.4, -0.2) is 17.1 Å². The van der Waals surface area contributed by atoms with E-state index in [1.54, 1.807) is 50.3 Å². The number of benzene rings is 3. The van der Waals surface area contributed by atoms with Gasteiger partial charge in [0, 0.05) is 14.2 Å². The zero-order chi connectivity index (χ0) is 30.1. The van der Waals surface area contributed by atoms with Gasteiger partial charge < -0.3 is 9.47 Å². The molecule has 0 N–H and O–H groups in total. The number of carbonyl (C=O) groups is 1. The number of ether oxygens (including phenoxy) is 2. The molecule has 3 aromatic carbocycles. The number of aromatic nitrogens is 1. The second kappa shape index (κ2) is 13.4. The summed E-state index contributed by atoms with van der Waals surface area (Å²) in [5.41, 5.74) is 2.64. The predicted octanol–water partition coefficient (Wildman–Crippen LogP) is 7.55. The Bertz CT molecular complexity index is 1940. The van der Waals surface area contributed by atoms with Gasteiger partial charge in [0.15, 0.2) is 4.80 Å². The lowest BCUT2D eigenvalue weighted by Crippen LogP contribution is -2.40. The summed E-state index contributed by atoms with van der Waals surface area (Å²) in [6, 6.07) is 15.7. The topological polar surface area (TPSA) is 69.9 Å². The highest BCUT2D eigenvalue weighted by atomic mass is 127. The lowest BCUT2D eigenvalue weighted by molar-refractivity contribution is -0.139. The van der Waals surface area contributed by atoms with Crippen LogP contribution in [0.1, 0.15) is 36.6 Å². The number of hydrogen-bond donors (Lipinski definition) is 0. The minimum atomic E-state index is -0.794. The number of carbonyl (C=O) groups excluding carboxylic acids is 1. The number of allylic oxidation sites excluding steroid dienone is 1. The molecule has 0 saturated carbocycles. The summed E-state index contributed by atoms with van der Waals surface area (Å²) < 4.78 is 15.4. The van der Waals surface area contributed by atoms with Crippen molar-refractivity contribution >= 4 is 103 Å². The number of hydrogen-bond acceptors (Lipinski definition) is 6. The monoisotopic (exact) mass is 864 g/mol. The molecule has 12 heteroatoms. The predicted molar refractivity (Wildman–Crippen MR) is 185 cm³/mol. The van der Waals surface area contributed by atoms with Gasteiger partial charge in [0.2, 0.25) is 0 Å².